The maximum Gasteiger partial charge on any atom is 0.159 e. The predicted octanol–water partition coefficient (Wildman–Crippen LogP) is 3.13. The molecule has 0 N–H and O–H groups in total. The second kappa shape index (κ2) is 5.92. The van der Waals surface area contributed by atoms with E-state index in [4.69, 9.17) is 0 Å². The Hall–Kier alpha value is -0.0700. The molecular weight excluding hydrogens is 286 g/mol. The van der Waals surface area contributed by atoms with Crippen LogP contribution in [0.15, 0.2) is 0 Å². The predicted molar refractivity (Wildman–Crippen MR) is 79.0 cm³/mol. The third-order valence-electron chi connectivity index (χ3n) is 3.47. The largest absolute Gasteiger partial charge is 0.245 e. The molecule has 1 heterocycles. The fraction of sp³-hybridized carbons (Fsp3) is 0.750. The van der Waals surface area contributed by atoms with Crippen molar-refractivity contribution in [1.29, 1.82) is 0 Å². The van der Waals surface area contributed by atoms with Crippen molar-refractivity contribution >= 4 is 33.8 Å². The molecule has 0 aliphatic heterocycles. The Balaban J connectivity index is 2.11. The number of rotatable bonds is 4. The first kappa shape index (κ1) is 14.3. The van der Waals surface area contributed by atoms with Gasteiger partial charge in [0.15, 0.2) is 9.84 Å². The van der Waals surface area contributed by atoms with E-state index in [-0.39, 0.29) is 11.0 Å². The number of thiazole rings is 1. The summed E-state index contributed by atoms with van der Waals surface area (Å²) in [4.78, 5) is 5.43. The van der Waals surface area contributed by atoms with E-state index in [1.54, 1.807) is 0 Å². The van der Waals surface area contributed by atoms with Crippen LogP contribution in [-0.2, 0) is 21.3 Å². The molecular formula is C12H19NO2S3. The number of hydrogen-bond donors (Lipinski definition) is 1. The summed E-state index contributed by atoms with van der Waals surface area (Å²) in [6.07, 6.45) is 4.91. The van der Waals surface area contributed by atoms with Gasteiger partial charge in [-0.15, -0.1) is 11.3 Å². The number of sulfone groups is 1. The lowest BCUT2D eigenvalue weighted by molar-refractivity contribution is 0.483. The minimum Gasteiger partial charge on any atom is -0.245 e. The maximum atomic E-state index is 12.3. The van der Waals surface area contributed by atoms with Crippen molar-refractivity contribution in [3.8, 4) is 0 Å². The Bertz CT molecular complexity index is 501. The number of hydrogen-bond acceptors (Lipinski definition) is 5. The summed E-state index contributed by atoms with van der Waals surface area (Å²) >= 11 is 5.71. The molecule has 1 aliphatic rings. The first-order valence-corrected chi connectivity index (χ1v) is 9.47. The zero-order valence-electron chi connectivity index (χ0n) is 10.6. The van der Waals surface area contributed by atoms with Crippen LogP contribution in [0, 0.1) is 6.92 Å². The van der Waals surface area contributed by atoms with Gasteiger partial charge in [0.1, 0.15) is 10.8 Å². The van der Waals surface area contributed by atoms with Gasteiger partial charge in [0.05, 0.1) is 10.9 Å². The minimum absolute atomic E-state index is 0.108. The summed E-state index contributed by atoms with van der Waals surface area (Å²) in [5, 5.41) is 0.581. The van der Waals surface area contributed by atoms with Crippen molar-refractivity contribution in [1.82, 2.24) is 4.98 Å². The molecule has 0 atom stereocenters. The van der Waals surface area contributed by atoms with Gasteiger partial charge in [-0.3, -0.25) is 0 Å². The highest BCUT2D eigenvalue weighted by molar-refractivity contribution is 7.91. The van der Waals surface area contributed by atoms with E-state index < -0.39 is 9.84 Å². The third-order valence-corrected chi connectivity index (χ3v) is 7.50. The number of thiol groups is 1. The van der Waals surface area contributed by atoms with Crippen molar-refractivity contribution < 1.29 is 8.42 Å². The van der Waals surface area contributed by atoms with Crippen LogP contribution in [0.1, 0.15) is 47.7 Å². The number of aryl methyl sites for hydroxylation is 1. The molecule has 6 heteroatoms. The van der Waals surface area contributed by atoms with Crippen molar-refractivity contribution in [3.63, 3.8) is 0 Å². The quantitative estimate of drug-likeness (QED) is 0.869. The van der Waals surface area contributed by atoms with E-state index in [1.807, 2.05) is 6.92 Å². The molecule has 1 saturated carbocycles. The van der Waals surface area contributed by atoms with Crippen LogP contribution in [0.2, 0.25) is 0 Å². The fourth-order valence-corrected chi connectivity index (χ4v) is 5.98. The molecule has 2 rings (SSSR count). The lowest BCUT2D eigenvalue weighted by Crippen LogP contribution is -2.25. The first-order valence-electron chi connectivity index (χ1n) is 6.30. The van der Waals surface area contributed by atoms with Crippen LogP contribution in [0.3, 0.4) is 0 Å². The summed E-state index contributed by atoms with van der Waals surface area (Å²) in [7, 11) is -3.03. The van der Waals surface area contributed by atoms with Crippen LogP contribution < -0.4 is 0 Å². The van der Waals surface area contributed by atoms with Gasteiger partial charge in [-0.1, -0.05) is 19.3 Å². The highest BCUT2D eigenvalue weighted by atomic mass is 32.2. The van der Waals surface area contributed by atoms with Crippen LogP contribution in [-0.4, -0.2) is 18.7 Å². The van der Waals surface area contributed by atoms with Gasteiger partial charge in [-0.25, -0.2) is 13.4 Å². The van der Waals surface area contributed by atoms with E-state index in [2.05, 4.69) is 17.6 Å². The molecule has 102 valence electrons. The molecule has 3 nitrogen and oxygen atoms in total. The molecule has 0 unspecified atom stereocenters. The molecule has 1 fully saturated rings. The van der Waals surface area contributed by atoms with E-state index in [1.165, 1.54) is 17.8 Å². The van der Waals surface area contributed by atoms with Crippen molar-refractivity contribution in [2.24, 2.45) is 0 Å². The van der Waals surface area contributed by atoms with Gasteiger partial charge >= 0.3 is 0 Å². The Morgan fingerprint density at radius 3 is 2.56 bits per heavy atom. The van der Waals surface area contributed by atoms with Crippen LogP contribution in [0.5, 0.6) is 0 Å². The first-order chi connectivity index (χ1) is 8.53. The molecule has 0 saturated heterocycles. The van der Waals surface area contributed by atoms with E-state index in [0.29, 0.717) is 5.75 Å². The highest BCUT2D eigenvalue weighted by Gasteiger charge is 2.28. The average molecular weight is 305 g/mol. The van der Waals surface area contributed by atoms with Gasteiger partial charge in [0, 0.05) is 10.6 Å². The Morgan fingerprint density at radius 1 is 1.33 bits per heavy atom. The standard InChI is InChI=1S/C12H19NO2S3/c1-9-11(7-16)17-12(13-9)8-18(14,15)10-5-3-2-4-6-10/h10,16H,2-8H2,1H3. The minimum atomic E-state index is -3.03. The zero-order chi connectivity index (χ0) is 13.2. The number of aromatic nitrogens is 1. The molecule has 0 spiro atoms. The summed E-state index contributed by atoms with van der Waals surface area (Å²) in [6.45, 7) is 1.92. The monoisotopic (exact) mass is 305 g/mol. The van der Waals surface area contributed by atoms with E-state index >= 15 is 0 Å². The van der Waals surface area contributed by atoms with Gasteiger partial charge in [-0.05, 0) is 19.8 Å². The Morgan fingerprint density at radius 2 is 2.00 bits per heavy atom. The van der Waals surface area contributed by atoms with Gasteiger partial charge in [0.25, 0.3) is 0 Å². The Kier molecular flexibility index (Phi) is 4.72. The summed E-state index contributed by atoms with van der Waals surface area (Å²) in [5.74, 6) is 0.740. The average Bonchev–Trinajstić information content (AvgIpc) is 2.70. The molecule has 0 bridgehead atoms. The normalized spacial score (nSPS) is 18.1. The SMILES string of the molecule is Cc1nc(CS(=O)(=O)C2CCCCC2)sc1CS. The lowest BCUT2D eigenvalue weighted by Gasteiger charge is -2.21. The summed E-state index contributed by atoms with van der Waals surface area (Å²) < 4.78 is 24.6. The van der Waals surface area contributed by atoms with E-state index in [0.717, 1.165) is 41.3 Å². The molecule has 0 amide bonds. The molecule has 1 aromatic rings. The van der Waals surface area contributed by atoms with Crippen molar-refractivity contribution in [2.45, 2.75) is 55.8 Å². The van der Waals surface area contributed by atoms with Gasteiger partial charge in [0.2, 0.25) is 0 Å². The third kappa shape index (κ3) is 3.27. The molecule has 18 heavy (non-hydrogen) atoms. The zero-order valence-corrected chi connectivity index (χ0v) is 13.1. The lowest BCUT2D eigenvalue weighted by atomic mass is 10.0. The van der Waals surface area contributed by atoms with E-state index in [9.17, 15) is 8.42 Å². The molecule has 1 aliphatic carbocycles. The summed E-state index contributed by atoms with van der Waals surface area (Å²) in [6, 6.07) is 0. The van der Waals surface area contributed by atoms with Crippen LogP contribution in [0.25, 0.3) is 0 Å². The van der Waals surface area contributed by atoms with Crippen molar-refractivity contribution in [3.05, 3.63) is 15.6 Å². The Labute approximate surface area is 118 Å². The second-order valence-electron chi connectivity index (χ2n) is 4.84. The van der Waals surface area contributed by atoms with Crippen LogP contribution in [0.4, 0.5) is 0 Å². The van der Waals surface area contributed by atoms with Crippen molar-refractivity contribution in [2.75, 3.05) is 0 Å². The smallest absolute Gasteiger partial charge is 0.159 e. The van der Waals surface area contributed by atoms with Gasteiger partial charge < -0.3 is 0 Å². The van der Waals surface area contributed by atoms with Gasteiger partial charge in [-0.2, -0.15) is 12.6 Å². The molecule has 0 radical (unpaired) electrons. The summed E-state index contributed by atoms with van der Waals surface area (Å²) in [5.41, 5.74) is 0.920. The maximum absolute atomic E-state index is 12.3. The fourth-order valence-electron chi connectivity index (χ4n) is 2.41. The molecule has 0 aromatic carbocycles. The number of nitrogens with zero attached hydrogens (tertiary/aromatic N) is 1. The second-order valence-corrected chi connectivity index (χ2v) is 8.61. The molecule has 1 aromatic heterocycles. The topological polar surface area (TPSA) is 47.0 Å². The van der Waals surface area contributed by atoms with Crippen LogP contribution >= 0.6 is 24.0 Å². The highest BCUT2D eigenvalue weighted by Crippen LogP contribution is 2.28.